The highest BCUT2D eigenvalue weighted by Gasteiger charge is 2.50. The minimum atomic E-state index is -0.0841. The zero-order valence-electron chi connectivity index (χ0n) is 24.6. The Morgan fingerprint density at radius 3 is 2.39 bits per heavy atom. The first-order valence-electron chi connectivity index (χ1n) is 14.5. The van der Waals surface area contributed by atoms with Crippen molar-refractivity contribution in [3.63, 3.8) is 0 Å². The van der Waals surface area contributed by atoms with E-state index in [9.17, 15) is 9.59 Å². The number of hydrogen-bond donors (Lipinski definition) is 2. The zero-order chi connectivity index (χ0) is 30.1. The Hall–Kier alpha value is -3.26. The van der Waals surface area contributed by atoms with E-state index in [4.69, 9.17) is 17.3 Å². The van der Waals surface area contributed by atoms with Crippen LogP contribution in [-0.2, 0) is 9.59 Å². The van der Waals surface area contributed by atoms with E-state index in [1.54, 1.807) is 37.8 Å². The largest absolute Gasteiger partial charge is 0.355 e. The van der Waals surface area contributed by atoms with Crippen molar-refractivity contribution in [2.75, 3.05) is 54.4 Å². The van der Waals surface area contributed by atoms with Crippen LogP contribution in [0.4, 0.5) is 23.4 Å². The molecule has 3 N–H and O–H groups in total. The summed E-state index contributed by atoms with van der Waals surface area (Å²) in [4.78, 5) is 53.6. The van der Waals surface area contributed by atoms with Gasteiger partial charge in [0, 0.05) is 81.9 Å². The van der Waals surface area contributed by atoms with E-state index in [-0.39, 0.29) is 41.5 Å². The summed E-state index contributed by atoms with van der Waals surface area (Å²) in [6.07, 6.45) is 9.27. The lowest BCUT2D eigenvalue weighted by Crippen LogP contribution is -2.48. The van der Waals surface area contributed by atoms with Gasteiger partial charge in [0.15, 0.2) is 5.82 Å². The fraction of sp³-hybridized carbons (Fsp3) is 0.483. The number of anilines is 4. The minimum Gasteiger partial charge on any atom is -0.355 e. The van der Waals surface area contributed by atoms with Crippen LogP contribution in [0.25, 0.3) is 0 Å². The zero-order valence-corrected chi connectivity index (χ0v) is 27.0. The number of piperidine rings is 1. The van der Waals surface area contributed by atoms with Crippen LogP contribution in [0, 0.1) is 11.3 Å². The molecule has 15 heteroatoms. The van der Waals surface area contributed by atoms with E-state index in [1.165, 1.54) is 11.8 Å². The fourth-order valence-corrected chi connectivity index (χ4v) is 7.22. The Morgan fingerprint density at radius 2 is 1.75 bits per heavy atom. The van der Waals surface area contributed by atoms with Crippen molar-refractivity contribution in [2.45, 2.75) is 49.1 Å². The number of carbonyl (C=O) groups excluding carboxylic acids is 2. The van der Waals surface area contributed by atoms with Crippen LogP contribution >= 0.6 is 35.8 Å². The van der Waals surface area contributed by atoms with Gasteiger partial charge in [-0.3, -0.25) is 9.59 Å². The maximum Gasteiger partial charge on any atom is 0.227 e. The number of carbonyl (C=O) groups is 2. The summed E-state index contributed by atoms with van der Waals surface area (Å²) in [6, 6.07) is 3.53. The first-order valence-corrected chi connectivity index (χ1v) is 15.7. The van der Waals surface area contributed by atoms with Gasteiger partial charge in [-0.2, -0.15) is 4.98 Å². The molecule has 3 aromatic rings. The lowest BCUT2D eigenvalue weighted by molar-refractivity contribution is -0.129. The number of pyridine rings is 1. The number of nitrogens with two attached hydrogens (primary N) is 1. The number of nitrogens with zero attached hydrogens (tertiary/aromatic N) is 8. The van der Waals surface area contributed by atoms with Crippen molar-refractivity contribution in [1.29, 1.82) is 0 Å². The van der Waals surface area contributed by atoms with Crippen molar-refractivity contribution in [1.82, 2.24) is 29.8 Å². The molecule has 1 amide bonds. The van der Waals surface area contributed by atoms with Gasteiger partial charge in [-0.1, -0.05) is 30.3 Å². The number of ketones is 1. The predicted octanol–water partition coefficient (Wildman–Crippen LogP) is 3.82. The Bertz CT molecular complexity index is 1500. The molecular formula is C29H36Cl2N10O2S. The molecular weight excluding hydrogens is 623 g/mol. The van der Waals surface area contributed by atoms with E-state index in [1.807, 2.05) is 17.9 Å². The number of rotatable bonds is 6. The Kier molecular flexibility index (Phi) is 9.78. The highest BCUT2D eigenvalue weighted by atomic mass is 35.5. The second kappa shape index (κ2) is 13.4. The van der Waals surface area contributed by atoms with Crippen LogP contribution in [0.2, 0.25) is 5.02 Å². The van der Waals surface area contributed by atoms with Gasteiger partial charge in [0.25, 0.3) is 0 Å². The number of halogens is 2. The first kappa shape index (κ1) is 32.1. The number of amides is 1. The predicted molar refractivity (Wildman–Crippen MR) is 173 cm³/mol. The molecule has 3 fully saturated rings. The van der Waals surface area contributed by atoms with Crippen molar-refractivity contribution in [3.8, 4) is 0 Å². The van der Waals surface area contributed by atoms with Gasteiger partial charge in [-0.15, -0.1) is 12.4 Å². The van der Waals surface area contributed by atoms with Crippen molar-refractivity contribution in [2.24, 2.45) is 17.1 Å². The number of piperazine rings is 1. The Balaban J connectivity index is 0.00000384. The van der Waals surface area contributed by atoms with Gasteiger partial charge in [0.05, 0.1) is 17.4 Å². The number of aromatic nitrogens is 5. The van der Waals surface area contributed by atoms with Gasteiger partial charge < -0.3 is 25.8 Å². The molecule has 0 aromatic carbocycles. The van der Waals surface area contributed by atoms with Crippen molar-refractivity contribution in [3.05, 3.63) is 41.9 Å². The molecule has 1 spiro atoms. The molecule has 3 aromatic heterocycles. The lowest BCUT2D eigenvalue weighted by Gasteiger charge is -2.42. The second-order valence-corrected chi connectivity index (χ2v) is 12.9. The third kappa shape index (κ3) is 6.56. The molecule has 5 heterocycles. The van der Waals surface area contributed by atoms with E-state index in [2.05, 4.69) is 40.0 Å². The summed E-state index contributed by atoms with van der Waals surface area (Å²) in [5.41, 5.74) is 6.38. The molecule has 0 radical (unpaired) electrons. The van der Waals surface area contributed by atoms with Crippen LogP contribution in [0.3, 0.4) is 0 Å². The molecule has 3 aliphatic rings. The van der Waals surface area contributed by atoms with Crippen LogP contribution in [-0.4, -0.2) is 86.8 Å². The van der Waals surface area contributed by atoms with Gasteiger partial charge in [0.2, 0.25) is 11.9 Å². The molecule has 0 bridgehead atoms. The molecule has 2 atom stereocenters. The van der Waals surface area contributed by atoms with Crippen LogP contribution in [0.5, 0.6) is 0 Å². The van der Waals surface area contributed by atoms with Crippen LogP contribution < -0.4 is 20.9 Å². The molecule has 234 valence electrons. The molecule has 1 saturated carbocycles. The van der Waals surface area contributed by atoms with Crippen LogP contribution in [0.1, 0.15) is 33.1 Å². The summed E-state index contributed by atoms with van der Waals surface area (Å²) in [5.74, 6) is 2.76. The minimum absolute atomic E-state index is 0. The molecule has 12 nitrogen and oxygen atoms in total. The van der Waals surface area contributed by atoms with E-state index in [0.717, 1.165) is 36.6 Å². The average molecular weight is 660 g/mol. The van der Waals surface area contributed by atoms with Gasteiger partial charge >= 0.3 is 0 Å². The second-order valence-electron chi connectivity index (χ2n) is 11.5. The average Bonchev–Trinajstić information content (AvgIpc) is 3.23. The van der Waals surface area contributed by atoms with E-state index < -0.39 is 0 Å². The van der Waals surface area contributed by atoms with Gasteiger partial charge in [0.1, 0.15) is 22.4 Å². The summed E-state index contributed by atoms with van der Waals surface area (Å²) in [7, 11) is 0. The first-order chi connectivity index (χ1) is 20.7. The fourth-order valence-electron chi connectivity index (χ4n) is 6.19. The lowest BCUT2D eigenvalue weighted by atomic mass is 9.73. The van der Waals surface area contributed by atoms with Crippen molar-refractivity contribution < 1.29 is 9.59 Å². The van der Waals surface area contributed by atoms with E-state index >= 15 is 0 Å². The topological polar surface area (TPSA) is 146 Å². The highest BCUT2D eigenvalue weighted by Crippen LogP contribution is 2.46. The SMILES string of the molecule is CC(=O)N1CCN(c2nccc(Nc3nccc(Sc4cnc(N5CCC6(CC5)CC(=O)[C@@H](C)[C@@H]6N)cn4)c3Cl)n2)CC1.Cl. The van der Waals surface area contributed by atoms with E-state index in [0.29, 0.717) is 60.2 Å². The summed E-state index contributed by atoms with van der Waals surface area (Å²) >= 11 is 8.17. The third-order valence-electron chi connectivity index (χ3n) is 8.94. The Labute approximate surface area is 272 Å². The summed E-state index contributed by atoms with van der Waals surface area (Å²) < 4.78 is 0. The monoisotopic (exact) mass is 658 g/mol. The molecule has 0 unspecified atom stereocenters. The quantitative estimate of drug-likeness (QED) is 0.397. The third-order valence-corrected chi connectivity index (χ3v) is 10.4. The number of nitrogens with one attached hydrogen (secondary N) is 1. The standard InChI is InChI=1S/C29H35ClN10O2S.ClH/c1-18-20(42)15-29(26(18)31)5-9-39(10-6-29)23-16-35-24(17-34-23)43-21-3-7-32-27(25(21)30)36-22-4-8-33-28(37-22)40-13-11-38(12-14-40)19(2)41;/h3-4,7-8,16-18,26H,5-6,9-15,31H2,1-2H3,(H,32,33,36,37);1H/t18-,26+;/m1./s1. The Morgan fingerprint density at radius 1 is 1.02 bits per heavy atom. The van der Waals surface area contributed by atoms with Crippen LogP contribution in [0.15, 0.2) is 46.8 Å². The smallest absolute Gasteiger partial charge is 0.227 e. The van der Waals surface area contributed by atoms with Crippen molar-refractivity contribution >= 4 is 70.9 Å². The summed E-state index contributed by atoms with van der Waals surface area (Å²) in [6.45, 7) is 7.77. The molecule has 1 aliphatic carbocycles. The van der Waals surface area contributed by atoms with Gasteiger partial charge in [-0.05, 0) is 30.4 Å². The molecule has 44 heavy (non-hydrogen) atoms. The molecule has 6 rings (SSSR count). The number of Topliss-reactive ketones (excluding diaryl/α,β-unsaturated/α-hetero) is 1. The normalized spacial score (nSPS) is 21.4. The van der Waals surface area contributed by atoms with Gasteiger partial charge in [-0.25, -0.2) is 19.9 Å². The maximum absolute atomic E-state index is 12.3. The number of hydrogen-bond acceptors (Lipinski definition) is 12. The maximum atomic E-state index is 12.3. The highest BCUT2D eigenvalue weighted by molar-refractivity contribution is 7.99. The summed E-state index contributed by atoms with van der Waals surface area (Å²) in [5, 5.41) is 4.38. The molecule has 2 saturated heterocycles. The molecule has 2 aliphatic heterocycles.